The molecule has 5 heteroatoms. The van der Waals surface area contributed by atoms with E-state index in [1.54, 1.807) is 30.3 Å². The van der Waals surface area contributed by atoms with Crippen molar-refractivity contribution in [3.63, 3.8) is 0 Å². The van der Waals surface area contributed by atoms with Crippen LogP contribution in [0, 0.1) is 17.9 Å². The van der Waals surface area contributed by atoms with Gasteiger partial charge in [-0.15, -0.1) is 0 Å². The van der Waals surface area contributed by atoms with Crippen LogP contribution in [0.25, 0.3) is 0 Å². The molecule has 0 unspecified atom stereocenters. The molecule has 0 atom stereocenters. The van der Waals surface area contributed by atoms with Crippen LogP contribution < -0.4 is 9.47 Å². The van der Waals surface area contributed by atoms with Crippen molar-refractivity contribution >= 4 is 0 Å². The number of alkyl halides is 3. The van der Waals surface area contributed by atoms with E-state index in [1.165, 1.54) is 5.92 Å². The summed E-state index contributed by atoms with van der Waals surface area (Å²) in [6, 6.07) is 16.9. The molecule has 0 N–H and O–H groups in total. The van der Waals surface area contributed by atoms with E-state index in [9.17, 15) is 13.2 Å². The van der Waals surface area contributed by atoms with Crippen LogP contribution in [-0.4, -0.2) is 12.8 Å². The number of ether oxygens (including phenoxy) is 2. The average Bonchev–Trinajstić information content (AvgIpc) is 2.47. The molecule has 0 bridgehead atoms. The molecule has 2 nitrogen and oxygen atoms in total. The van der Waals surface area contributed by atoms with Crippen molar-refractivity contribution < 1.29 is 22.6 Å². The largest absolute Gasteiger partial charge is 0.492 e. The zero-order valence-electron chi connectivity index (χ0n) is 11.5. The van der Waals surface area contributed by atoms with Gasteiger partial charge >= 0.3 is 6.18 Å². The van der Waals surface area contributed by atoms with Crippen molar-refractivity contribution in [1.29, 1.82) is 0 Å². The molecule has 22 heavy (non-hydrogen) atoms. The van der Waals surface area contributed by atoms with Gasteiger partial charge in [0.1, 0.15) is 17.2 Å². The Labute approximate surface area is 126 Å². The highest BCUT2D eigenvalue weighted by Gasteiger charge is 2.22. The van der Waals surface area contributed by atoms with Crippen LogP contribution in [0.4, 0.5) is 13.2 Å². The first-order chi connectivity index (χ1) is 10.5. The van der Waals surface area contributed by atoms with Gasteiger partial charge in [0.2, 0.25) is 0 Å². The van der Waals surface area contributed by atoms with Crippen molar-refractivity contribution in [2.24, 2.45) is 0 Å². The molecule has 113 valence electrons. The van der Waals surface area contributed by atoms with E-state index < -0.39 is 6.18 Å². The molecular weight excluding hydrogens is 293 g/mol. The summed E-state index contributed by atoms with van der Waals surface area (Å²) in [6.07, 6.45) is -4.47. The molecule has 0 spiro atoms. The Morgan fingerprint density at radius 2 is 1.82 bits per heavy atom. The Morgan fingerprint density at radius 3 is 2.55 bits per heavy atom. The lowest BCUT2D eigenvalue weighted by atomic mass is 10.3. The number of para-hydroxylation sites is 1. The first kappa shape index (κ1) is 15.8. The molecule has 0 fully saturated rings. The lowest BCUT2D eigenvalue weighted by Gasteiger charge is -2.08. The predicted molar refractivity (Wildman–Crippen MR) is 75.7 cm³/mol. The second kappa shape index (κ2) is 7.41. The molecule has 0 aliphatic carbocycles. The zero-order valence-corrected chi connectivity index (χ0v) is 11.5. The maximum atomic E-state index is 11.8. The Hall–Kier alpha value is -2.61. The van der Waals surface area contributed by atoms with Gasteiger partial charge in [-0.2, -0.15) is 13.2 Å². The third-order valence-electron chi connectivity index (χ3n) is 2.44. The predicted octanol–water partition coefficient (Wildman–Crippen LogP) is 4.61. The van der Waals surface area contributed by atoms with E-state index in [0.29, 0.717) is 17.2 Å². The highest BCUT2D eigenvalue weighted by atomic mass is 19.4. The first-order valence-electron chi connectivity index (χ1n) is 6.47. The summed E-state index contributed by atoms with van der Waals surface area (Å²) in [7, 11) is 0. The van der Waals surface area contributed by atoms with Crippen LogP contribution in [0.2, 0.25) is 0 Å². The highest BCUT2D eigenvalue weighted by Crippen LogP contribution is 2.24. The summed E-state index contributed by atoms with van der Waals surface area (Å²) >= 11 is 0. The monoisotopic (exact) mass is 305 g/mol. The van der Waals surface area contributed by atoms with E-state index in [0.717, 1.165) is 0 Å². The fourth-order valence-corrected chi connectivity index (χ4v) is 1.57. The molecule has 0 aliphatic rings. The molecule has 0 aliphatic heterocycles. The van der Waals surface area contributed by atoms with Crippen molar-refractivity contribution in [2.45, 2.75) is 12.6 Å². The summed E-state index contributed by atoms with van der Waals surface area (Å²) in [6.45, 7) is 0.0673. The summed E-state index contributed by atoms with van der Waals surface area (Å²) in [5.74, 6) is 4.81. The maximum Gasteiger partial charge on any atom is 0.457 e. The standard InChI is InChI=1S/C17H12F3O2/c18-17(19,20)11-4-5-12-21-15-9-6-10-16(13-15)22-14-7-2-1-3-8-14/h1-3,6-9,13H,5,12H2. The lowest BCUT2D eigenvalue weighted by molar-refractivity contribution is -0.0697. The fourth-order valence-electron chi connectivity index (χ4n) is 1.57. The minimum Gasteiger partial charge on any atom is -0.492 e. The van der Waals surface area contributed by atoms with E-state index in [1.807, 2.05) is 24.1 Å². The minimum atomic E-state index is -4.46. The Balaban J connectivity index is 1.87. The molecule has 0 heterocycles. The highest BCUT2D eigenvalue weighted by molar-refractivity contribution is 5.35. The van der Waals surface area contributed by atoms with E-state index >= 15 is 0 Å². The molecule has 2 rings (SSSR count). The molecule has 0 saturated carbocycles. The summed E-state index contributed by atoms with van der Waals surface area (Å²) in [4.78, 5) is 0. The number of benzene rings is 2. The van der Waals surface area contributed by atoms with Crippen molar-refractivity contribution in [3.8, 4) is 29.1 Å². The van der Waals surface area contributed by atoms with E-state index in [-0.39, 0.29) is 13.0 Å². The van der Waals surface area contributed by atoms with Gasteiger partial charge in [0.15, 0.2) is 0 Å². The first-order valence-corrected chi connectivity index (χ1v) is 6.47. The van der Waals surface area contributed by atoms with Gasteiger partial charge in [-0.3, -0.25) is 0 Å². The lowest BCUT2D eigenvalue weighted by Crippen LogP contribution is -2.02. The Morgan fingerprint density at radius 1 is 1.05 bits per heavy atom. The quantitative estimate of drug-likeness (QED) is 0.593. The van der Waals surface area contributed by atoms with E-state index in [2.05, 4.69) is 6.07 Å². The van der Waals surface area contributed by atoms with Crippen LogP contribution in [0.3, 0.4) is 0 Å². The maximum absolute atomic E-state index is 11.8. The third-order valence-corrected chi connectivity index (χ3v) is 2.44. The van der Waals surface area contributed by atoms with E-state index in [4.69, 9.17) is 9.47 Å². The van der Waals surface area contributed by atoms with Crippen LogP contribution in [0.5, 0.6) is 17.2 Å². The van der Waals surface area contributed by atoms with Gasteiger partial charge in [0.25, 0.3) is 0 Å². The Bertz CT molecular complexity index is 655. The SMILES string of the molecule is FC(F)(F)C#CCCOc1cc[c]c(Oc2ccccc2)c1. The zero-order chi connectivity index (χ0) is 15.8. The van der Waals surface area contributed by atoms with Crippen LogP contribution in [0.15, 0.2) is 48.5 Å². The summed E-state index contributed by atoms with van der Waals surface area (Å²) in [5.41, 5.74) is 0. The molecule has 0 saturated heterocycles. The number of halogens is 3. The van der Waals surface area contributed by atoms with Gasteiger partial charge in [-0.25, -0.2) is 0 Å². The fraction of sp³-hybridized carbons (Fsp3) is 0.176. The number of rotatable bonds is 5. The normalized spacial score (nSPS) is 10.5. The van der Waals surface area contributed by atoms with Crippen molar-refractivity contribution in [1.82, 2.24) is 0 Å². The Kier molecular flexibility index (Phi) is 5.31. The minimum absolute atomic E-state index is 0.00695. The summed E-state index contributed by atoms with van der Waals surface area (Å²) < 4.78 is 46.4. The smallest absolute Gasteiger partial charge is 0.457 e. The van der Waals surface area contributed by atoms with Crippen molar-refractivity contribution in [3.05, 3.63) is 54.6 Å². The van der Waals surface area contributed by atoms with Gasteiger partial charge in [0, 0.05) is 24.5 Å². The van der Waals surface area contributed by atoms with Crippen LogP contribution in [-0.2, 0) is 0 Å². The molecule has 2 aromatic carbocycles. The topological polar surface area (TPSA) is 18.5 Å². The summed E-state index contributed by atoms with van der Waals surface area (Å²) in [5, 5.41) is 0. The van der Waals surface area contributed by atoms with Gasteiger partial charge in [-0.05, 0) is 24.3 Å². The molecule has 1 radical (unpaired) electrons. The number of hydrogen-bond donors (Lipinski definition) is 0. The average molecular weight is 305 g/mol. The van der Waals surface area contributed by atoms with Gasteiger partial charge < -0.3 is 9.47 Å². The van der Waals surface area contributed by atoms with Crippen LogP contribution >= 0.6 is 0 Å². The third kappa shape index (κ3) is 5.80. The van der Waals surface area contributed by atoms with Crippen LogP contribution in [0.1, 0.15) is 6.42 Å². The second-order valence-corrected chi connectivity index (χ2v) is 4.20. The second-order valence-electron chi connectivity index (χ2n) is 4.20. The molecule has 2 aromatic rings. The number of hydrogen-bond acceptors (Lipinski definition) is 2. The molecular formula is C17H12F3O2. The van der Waals surface area contributed by atoms with Crippen molar-refractivity contribution in [2.75, 3.05) is 6.61 Å². The van der Waals surface area contributed by atoms with Gasteiger partial charge in [0.05, 0.1) is 6.61 Å². The van der Waals surface area contributed by atoms with Gasteiger partial charge in [-0.1, -0.05) is 24.1 Å². The molecule has 0 aromatic heterocycles. The molecule has 0 amide bonds.